The molecule has 3 aromatic rings. The molecule has 0 saturated heterocycles. The summed E-state index contributed by atoms with van der Waals surface area (Å²) in [6.45, 7) is 1.89. The molecule has 1 N–H and O–H groups in total. The van der Waals surface area contributed by atoms with Gasteiger partial charge in [-0.3, -0.25) is 14.2 Å². The molecule has 0 aliphatic rings. The summed E-state index contributed by atoms with van der Waals surface area (Å²) in [5.41, 5.74) is 0.834. The molecule has 7 heteroatoms. The van der Waals surface area contributed by atoms with E-state index in [2.05, 4.69) is 4.98 Å². The maximum Gasteiger partial charge on any atom is 0.261 e. The number of carbonyl (C=O) groups excluding carboxylic acids is 1. The number of rotatable bonds is 3. The monoisotopic (exact) mass is 343 g/mol. The van der Waals surface area contributed by atoms with Crippen LogP contribution in [0.3, 0.4) is 0 Å². The molecule has 124 valence electrons. The molecule has 3 rings (SSSR count). The first-order chi connectivity index (χ1) is 11.4. The van der Waals surface area contributed by atoms with Crippen LogP contribution in [0.15, 0.2) is 45.8 Å². The van der Waals surface area contributed by atoms with Gasteiger partial charge in [0, 0.05) is 19.7 Å². The molecular weight excluding hydrogens is 326 g/mol. The Kier molecular flexibility index (Phi) is 4.11. The minimum atomic E-state index is -0.203. The number of nitrogens with one attached hydrogen (secondary N) is 1. The molecule has 0 aliphatic carbocycles. The zero-order valence-corrected chi connectivity index (χ0v) is 14.4. The van der Waals surface area contributed by atoms with Crippen LogP contribution in [0.2, 0.25) is 0 Å². The Hall–Kier alpha value is -2.67. The topological polar surface area (TPSA) is 71.2 Å². The van der Waals surface area contributed by atoms with E-state index in [-0.39, 0.29) is 17.5 Å². The Bertz CT molecular complexity index is 1020. The number of aromatic nitrogens is 2. The second kappa shape index (κ2) is 6.09. The standard InChI is InChI=1S/C17H17N3O3S/c1-10(14-5-4-8-23-14)19(2)15(21)11-6-7-12-13(9-11)18-17(24)20(3)16(12)22/h4-10H,1-3H3,(H,18,24). The lowest BCUT2D eigenvalue weighted by atomic mass is 10.1. The largest absolute Gasteiger partial charge is 0.467 e. The van der Waals surface area contributed by atoms with E-state index in [1.54, 1.807) is 49.5 Å². The molecule has 24 heavy (non-hydrogen) atoms. The lowest BCUT2D eigenvalue weighted by Crippen LogP contribution is -2.29. The Morgan fingerprint density at radius 3 is 2.79 bits per heavy atom. The number of aromatic amines is 1. The van der Waals surface area contributed by atoms with Crippen molar-refractivity contribution in [1.82, 2.24) is 14.5 Å². The first kappa shape index (κ1) is 16.2. The number of hydrogen-bond acceptors (Lipinski definition) is 4. The van der Waals surface area contributed by atoms with Gasteiger partial charge in [-0.25, -0.2) is 0 Å². The molecule has 1 amide bonds. The van der Waals surface area contributed by atoms with Gasteiger partial charge in [-0.2, -0.15) is 0 Å². The van der Waals surface area contributed by atoms with Crippen LogP contribution in [0.4, 0.5) is 0 Å². The van der Waals surface area contributed by atoms with Crippen molar-refractivity contribution in [2.45, 2.75) is 13.0 Å². The van der Waals surface area contributed by atoms with Gasteiger partial charge >= 0.3 is 0 Å². The van der Waals surface area contributed by atoms with Crippen LogP contribution < -0.4 is 5.56 Å². The Morgan fingerprint density at radius 2 is 2.12 bits per heavy atom. The van der Waals surface area contributed by atoms with Crippen LogP contribution in [0, 0.1) is 4.77 Å². The van der Waals surface area contributed by atoms with Crippen LogP contribution in [0.1, 0.15) is 29.1 Å². The third kappa shape index (κ3) is 2.67. The summed E-state index contributed by atoms with van der Waals surface area (Å²) in [6.07, 6.45) is 1.58. The summed E-state index contributed by atoms with van der Waals surface area (Å²) in [6, 6.07) is 8.35. The van der Waals surface area contributed by atoms with Gasteiger partial charge in [-0.15, -0.1) is 0 Å². The van der Waals surface area contributed by atoms with Crippen molar-refractivity contribution in [3.63, 3.8) is 0 Å². The van der Waals surface area contributed by atoms with Crippen molar-refractivity contribution in [2.75, 3.05) is 7.05 Å². The summed E-state index contributed by atoms with van der Waals surface area (Å²) in [4.78, 5) is 29.5. The maximum atomic E-state index is 12.7. The second-order valence-electron chi connectivity index (χ2n) is 5.66. The van der Waals surface area contributed by atoms with E-state index in [0.29, 0.717) is 27.0 Å². The lowest BCUT2D eigenvalue weighted by molar-refractivity contribution is 0.0726. The van der Waals surface area contributed by atoms with Crippen molar-refractivity contribution in [3.05, 3.63) is 63.0 Å². The summed E-state index contributed by atoms with van der Waals surface area (Å²) in [5.74, 6) is 0.542. The van der Waals surface area contributed by atoms with Crippen molar-refractivity contribution in [3.8, 4) is 0 Å². The molecule has 2 heterocycles. The number of carbonyl (C=O) groups is 1. The van der Waals surface area contributed by atoms with Crippen molar-refractivity contribution < 1.29 is 9.21 Å². The third-order valence-corrected chi connectivity index (χ3v) is 4.58. The Balaban J connectivity index is 2.00. The van der Waals surface area contributed by atoms with Gasteiger partial charge in [0.15, 0.2) is 4.77 Å². The molecule has 1 unspecified atom stereocenters. The number of hydrogen-bond donors (Lipinski definition) is 1. The van der Waals surface area contributed by atoms with Gasteiger partial charge in [0.05, 0.1) is 23.2 Å². The van der Waals surface area contributed by atoms with Gasteiger partial charge < -0.3 is 14.3 Å². The van der Waals surface area contributed by atoms with Gasteiger partial charge in [0.2, 0.25) is 0 Å². The maximum absolute atomic E-state index is 12.7. The van der Waals surface area contributed by atoms with Crippen LogP contribution in [0.5, 0.6) is 0 Å². The van der Waals surface area contributed by atoms with Crippen molar-refractivity contribution in [2.24, 2.45) is 7.05 Å². The van der Waals surface area contributed by atoms with E-state index >= 15 is 0 Å². The zero-order valence-electron chi connectivity index (χ0n) is 13.6. The van der Waals surface area contributed by atoms with Gasteiger partial charge in [0.1, 0.15) is 5.76 Å². The lowest BCUT2D eigenvalue weighted by Gasteiger charge is -2.23. The third-order valence-electron chi connectivity index (χ3n) is 4.20. The Labute approximate surface area is 143 Å². The summed E-state index contributed by atoms with van der Waals surface area (Å²) in [7, 11) is 3.32. The molecule has 2 aromatic heterocycles. The first-order valence-corrected chi connectivity index (χ1v) is 7.84. The predicted molar refractivity (Wildman–Crippen MR) is 93.6 cm³/mol. The van der Waals surface area contributed by atoms with E-state index in [1.807, 2.05) is 13.0 Å². The van der Waals surface area contributed by atoms with E-state index in [0.717, 1.165) is 0 Å². The number of H-pyrrole nitrogens is 1. The molecule has 1 atom stereocenters. The summed E-state index contributed by atoms with van der Waals surface area (Å²) in [5, 5.41) is 0.490. The van der Waals surface area contributed by atoms with Gasteiger partial charge in [0.25, 0.3) is 11.5 Å². The summed E-state index contributed by atoms with van der Waals surface area (Å²) >= 11 is 5.12. The molecule has 0 aliphatic heterocycles. The van der Waals surface area contributed by atoms with Gasteiger partial charge in [-0.1, -0.05) is 0 Å². The predicted octanol–water partition coefficient (Wildman–Crippen LogP) is 3.02. The average molecular weight is 343 g/mol. The van der Waals surface area contributed by atoms with E-state index < -0.39 is 0 Å². The summed E-state index contributed by atoms with van der Waals surface area (Å²) < 4.78 is 7.04. The molecular formula is C17H17N3O3S. The number of amides is 1. The molecule has 0 spiro atoms. The highest BCUT2D eigenvalue weighted by Gasteiger charge is 2.21. The van der Waals surface area contributed by atoms with Gasteiger partial charge in [-0.05, 0) is 49.5 Å². The molecule has 0 saturated carbocycles. The molecule has 0 bridgehead atoms. The number of benzene rings is 1. The fraction of sp³-hybridized carbons (Fsp3) is 0.235. The fourth-order valence-corrected chi connectivity index (χ4v) is 2.73. The smallest absolute Gasteiger partial charge is 0.261 e. The number of nitrogens with zero attached hydrogens (tertiary/aromatic N) is 2. The van der Waals surface area contributed by atoms with Crippen LogP contribution >= 0.6 is 12.2 Å². The first-order valence-electron chi connectivity index (χ1n) is 7.44. The quantitative estimate of drug-likeness (QED) is 0.742. The highest BCUT2D eigenvalue weighted by Crippen LogP contribution is 2.21. The fourth-order valence-electron chi connectivity index (χ4n) is 2.54. The minimum Gasteiger partial charge on any atom is -0.467 e. The molecule has 0 fully saturated rings. The zero-order chi connectivity index (χ0) is 17.4. The highest BCUT2D eigenvalue weighted by atomic mass is 32.1. The normalized spacial score (nSPS) is 12.3. The van der Waals surface area contributed by atoms with E-state index in [1.165, 1.54) is 4.57 Å². The highest BCUT2D eigenvalue weighted by molar-refractivity contribution is 7.71. The van der Waals surface area contributed by atoms with Crippen molar-refractivity contribution in [1.29, 1.82) is 0 Å². The van der Waals surface area contributed by atoms with Crippen molar-refractivity contribution >= 4 is 29.0 Å². The van der Waals surface area contributed by atoms with E-state index in [9.17, 15) is 9.59 Å². The number of fused-ring (bicyclic) bond motifs is 1. The molecule has 1 aromatic carbocycles. The number of furan rings is 1. The van der Waals surface area contributed by atoms with Crippen LogP contribution in [-0.2, 0) is 7.05 Å². The van der Waals surface area contributed by atoms with Crippen LogP contribution in [0.25, 0.3) is 10.9 Å². The minimum absolute atomic E-state index is 0.166. The van der Waals surface area contributed by atoms with E-state index in [4.69, 9.17) is 16.6 Å². The molecule has 0 radical (unpaired) electrons. The molecule has 6 nitrogen and oxygen atoms in total. The van der Waals surface area contributed by atoms with Crippen LogP contribution in [-0.4, -0.2) is 27.4 Å². The Morgan fingerprint density at radius 1 is 1.38 bits per heavy atom. The average Bonchev–Trinajstić information content (AvgIpc) is 3.12. The SMILES string of the molecule is CC(c1ccco1)N(C)C(=O)c1ccc2c(=O)n(C)c(=S)[nH]c2c1. The second-order valence-corrected chi connectivity index (χ2v) is 6.05.